The number of pyridine rings is 1. The van der Waals surface area contributed by atoms with Gasteiger partial charge in [0.1, 0.15) is 16.8 Å². The van der Waals surface area contributed by atoms with Crippen molar-refractivity contribution in [1.29, 1.82) is 0 Å². The Hall–Kier alpha value is -2.18. The summed E-state index contributed by atoms with van der Waals surface area (Å²) in [7, 11) is 0. The number of nitrogen functional groups attached to an aromatic ring is 1. The number of aryl methyl sites for hydroxylation is 1. The highest BCUT2D eigenvalue weighted by atomic mass is 35.5. The van der Waals surface area contributed by atoms with Crippen molar-refractivity contribution in [3.63, 3.8) is 0 Å². The fraction of sp³-hybridized carbons (Fsp3) is 0.0769. The highest BCUT2D eigenvalue weighted by Crippen LogP contribution is 2.19. The summed E-state index contributed by atoms with van der Waals surface area (Å²) in [6.45, 7) is 1.77. The van der Waals surface area contributed by atoms with Crippen LogP contribution in [-0.4, -0.2) is 10.9 Å². The minimum absolute atomic E-state index is 0.126. The first-order chi connectivity index (χ1) is 9.49. The number of carbonyl (C=O) groups excluding carboxylic acids is 1. The topological polar surface area (TPSA) is 80.0 Å². The van der Waals surface area contributed by atoms with E-state index in [0.717, 1.165) is 5.56 Å². The number of anilines is 2. The van der Waals surface area contributed by atoms with Gasteiger partial charge in [0.05, 0.1) is 0 Å². The molecule has 1 heterocycles. The first kappa shape index (κ1) is 14.2. The Balaban J connectivity index is 2.28. The standard InChI is InChI=1S/C13H12ClFN4O/c1-7-2-3-9(15)6-10(7)17-13(20)8-4-11(14)18-12(5-8)19-16/h2-6H,16H2,1H3,(H,17,20)(H,18,19). The van der Waals surface area contributed by atoms with Gasteiger partial charge in [0.2, 0.25) is 0 Å². The molecule has 2 rings (SSSR count). The zero-order chi connectivity index (χ0) is 14.7. The van der Waals surface area contributed by atoms with Crippen LogP contribution in [-0.2, 0) is 0 Å². The van der Waals surface area contributed by atoms with Gasteiger partial charge in [-0.2, -0.15) is 0 Å². The van der Waals surface area contributed by atoms with Crippen LogP contribution in [0.4, 0.5) is 15.9 Å². The van der Waals surface area contributed by atoms with E-state index in [0.29, 0.717) is 5.69 Å². The fourth-order valence-corrected chi connectivity index (χ4v) is 1.83. The Morgan fingerprint density at radius 2 is 2.10 bits per heavy atom. The van der Waals surface area contributed by atoms with Crippen LogP contribution in [0.25, 0.3) is 0 Å². The van der Waals surface area contributed by atoms with E-state index in [1.807, 2.05) is 0 Å². The maximum absolute atomic E-state index is 13.2. The van der Waals surface area contributed by atoms with Gasteiger partial charge in [0.25, 0.3) is 5.91 Å². The highest BCUT2D eigenvalue weighted by Gasteiger charge is 2.11. The van der Waals surface area contributed by atoms with Gasteiger partial charge in [-0.05, 0) is 36.8 Å². The average molecular weight is 295 g/mol. The number of carbonyl (C=O) groups is 1. The van der Waals surface area contributed by atoms with Crippen LogP contribution in [0.5, 0.6) is 0 Å². The van der Waals surface area contributed by atoms with Crippen LogP contribution >= 0.6 is 11.6 Å². The predicted molar refractivity (Wildman–Crippen MR) is 76.1 cm³/mol. The molecule has 1 amide bonds. The summed E-state index contributed by atoms with van der Waals surface area (Å²) in [5.74, 6) is 4.64. The molecule has 4 N–H and O–H groups in total. The van der Waals surface area contributed by atoms with Crippen molar-refractivity contribution in [3.8, 4) is 0 Å². The van der Waals surface area contributed by atoms with Crippen molar-refractivity contribution in [2.24, 2.45) is 5.84 Å². The molecule has 0 aliphatic heterocycles. The molecule has 0 aliphatic carbocycles. The van der Waals surface area contributed by atoms with E-state index in [1.165, 1.54) is 24.3 Å². The van der Waals surface area contributed by atoms with Crippen molar-refractivity contribution in [3.05, 3.63) is 52.4 Å². The monoisotopic (exact) mass is 294 g/mol. The molecule has 0 saturated carbocycles. The van der Waals surface area contributed by atoms with Crippen LogP contribution < -0.4 is 16.6 Å². The second kappa shape index (κ2) is 5.85. The van der Waals surface area contributed by atoms with Gasteiger partial charge in [-0.3, -0.25) is 4.79 Å². The molecule has 0 bridgehead atoms. The molecule has 0 unspecified atom stereocenters. The lowest BCUT2D eigenvalue weighted by atomic mass is 10.1. The highest BCUT2D eigenvalue weighted by molar-refractivity contribution is 6.30. The molecule has 20 heavy (non-hydrogen) atoms. The lowest BCUT2D eigenvalue weighted by molar-refractivity contribution is 0.102. The second-order valence-electron chi connectivity index (χ2n) is 4.12. The first-order valence-corrected chi connectivity index (χ1v) is 6.09. The third-order valence-corrected chi connectivity index (χ3v) is 2.85. The SMILES string of the molecule is Cc1ccc(F)cc1NC(=O)c1cc(Cl)nc(NN)c1. The summed E-state index contributed by atoms with van der Waals surface area (Å²) in [6, 6.07) is 6.99. The molecule has 0 spiro atoms. The van der Waals surface area contributed by atoms with Crippen molar-refractivity contribution in [1.82, 2.24) is 4.98 Å². The van der Waals surface area contributed by atoms with E-state index < -0.39 is 11.7 Å². The maximum Gasteiger partial charge on any atom is 0.255 e. The molecule has 2 aromatic rings. The molecule has 0 aliphatic rings. The Bertz CT molecular complexity index is 663. The van der Waals surface area contributed by atoms with E-state index in [4.69, 9.17) is 17.4 Å². The van der Waals surface area contributed by atoms with Crippen LogP contribution in [0.3, 0.4) is 0 Å². The number of rotatable bonds is 3. The number of hydrogen-bond donors (Lipinski definition) is 3. The third-order valence-electron chi connectivity index (χ3n) is 2.65. The van der Waals surface area contributed by atoms with Gasteiger partial charge < -0.3 is 10.7 Å². The molecule has 0 fully saturated rings. The molecule has 1 aromatic carbocycles. The Labute approximate surface area is 119 Å². The Morgan fingerprint density at radius 1 is 1.35 bits per heavy atom. The van der Waals surface area contributed by atoms with Crippen molar-refractivity contribution in [2.75, 3.05) is 10.7 Å². The molecule has 1 aromatic heterocycles. The molecule has 5 nitrogen and oxygen atoms in total. The predicted octanol–water partition coefficient (Wildman–Crippen LogP) is 2.72. The average Bonchev–Trinajstić information content (AvgIpc) is 2.42. The van der Waals surface area contributed by atoms with Crippen LogP contribution in [0.2, 0.25) is 5.15 Å². The summed E-state index contributed by atoms with van der Waals surface area (Å²) < 4.78 is 13.2. The van der Waals surface area contributed by atoms with Crippen LogP contribution in [0.1, 0.15) is 15.9 Å². The second-order valence-corrected chi connectivity index (χ2v) is 4.51. The molecular formula is C13H12ClFN4O. The zero-order valence-corrected chi connectivity index (χ0v) is 11.3. The smallest absolute Gasteiger partial charge is 0.255 e. The third kappa shape index (κ3) is 3.23. The van der Waals surface area contributed by atoms with Gasteiger partial charge in [-0.15, -0.1) is 0 Å². The Kier molecular flexibility index (Phi) is 4.16. The molecule has 0 saturated heterocycles. The molecule has 0 atom stereocenters. The van der Waals surface area contributed by atoms with Crippen LogP contribution in [0, 0.1) is 12.7 Å². The van der Waals surface area contributed by atoms with Gasteiger partial charge in [0.15, 0.2) is 0 Å². The first-order valence-electron chi connectivity index (χ1n) is 5.71. The van der Waals surface area contributed by atoms with Crippen molar-refractivity contribution in [2.45, 2.75) is 6.92 Å². The zero-order valence-electron chi connectivity index (χ0n) is 10.6. The van der Waals surface area contributed by atoms with E-state index in [9.17, 15) is 9.18 Å². The van der Waals surface area contributed by atoms with E-state index in [-0.39, 0.29) is 16.5 Å². The van der Waals surface area contributed by atoms with Gasteiger partial charge in [0, 0.05) is 11.3 Å². The largest absolute Gasteiger partial charge is 0.322 e. The summed E-state index contributed by atoms with van der Waals surface area (Å²) in [5.41, 5.74) is 3.72. The number of benzene rings is 1. The molecule has 7 heteroatoms. The van der Waals surface area contributed by atoms with Gasteiger partial charge in [-0.1, -0.05) is 17.7 Å². The molecule has 104 valence electrons. The van der Waals surface area contributed by atoms with Crippen LogP contribution in [0.15, 0.2) is 30.3 Å². The van der Waals surface area contributed by atoms with E-state index in [2.05, 4.69) is 15.7 Å². The van der Waals surface area contributed by atoms with Gasteiger partial charge in [-0.25, -0.2) is 15.2 Å². The number of halogens is 2. The molecular weight excluding hydrogens is 283 g/mol. The lowest BCUT2D eigenvalue weighted by Crippen LogP contribution is -2.15. The number of hydrazine groups is 1. The number of aromatic nitrogens is 1. The van der Waals surface area contributed by atoms with E-state index >= 15 is 0 Å². The van der Waals surface area contributed by atoms with Crippen molar-refractivity contribution < 1.29 is 9.18 Å². The number of hydrogen-bond acceptors (Lipinski definition) is 4. The number of amides is 1. The van der Waals surface area contributed by atoms with Crippen molar-refractivity contribution >= 4 is 29.0 Å². The summed E-state index contributed by atoms with van der Waals surface area (Å²) in [6.07, 6.45) is 0. The fourth-order valence-electron chi connectivity index (χ4n) is 1.63. The minimum Gasteiger partial charge on any atom is -0.322 e. The maximum atomic E-state index is 13.2. The minimum atomic E-state index is -0.431. The number of nitrogens with zero attached hydrogens (tertiary/aromatic N) is 1. The summed E-state index contributed by atoms with van der Waals surface area (Å²) in [5, 5.41) is 2.74. The Morgan fingerprint density at radius 3 is 2.80 bits per heavy atom. The lowest BCUT2D eigenvalue weighted by Gasteiger charge is -2.09. The quantitative estimate of drug-likeness (QED) is 0.462. The van der Waals surface area contributed by atoms with Gasteiger partial charge >= 0.3 is 0 Å². The van der Waals surface area contributed by atoms with E-state index in [1.54, 1.807) is 13.0 Å². The number of nitrogens with two attached hydrogens (primary N) is 1. The number of nitrogens with one attached hydrogen (secondary N) is 2. The summed E-state index contributed by atoms with van der Waals surface area (Å²) in [4.78, 5) is 16.0. The summed E-state index contributed by atoms with van der Waals surface area (Å²) >= 11 is 5.79. The molecule has 0 radical (unpaired) electrons. The normalized spacial score (nSPS) is 10.2.